The number of nitrogens with two attached hydrogens (primary N) is 1. The number of sulfone groups is 1. The van der Waals surface area contributed by atoms with Crippen molar-refractivity contribution in [3.63, 3.8) is 0 Å². The first-order valence-electron chi connectivity index (χ1n) is 6.44. The Labute approximate surface area is 128 Å². The number of rotatable bonds is 7. The predicted octanol–water partition coefficient (Wildman–Crippen LogP) is 2.38. The van der Waals surface area contributed by atoms with Crippen LogP contribution in [0.25, 0.3) is 0 Å². The average Bonchev–Trinajstić information content (AvgIpc) is 2.74. The second kappa shape index (κ2) is 7.33. The Bertz CT molecular complexity index is 579. The van der Waals surface area contributed by atoms with Crippen LogP contribution in [0.3, 0.4) is 0 Å². The molecule has 0 fully saturated rings. The summed E-state index contributed by atoms with van der Waals surface area (Å²) in [6, 6.07) is 0. The Morgan fingerprint density at radius 2 is 2.00 bits per heavy atom. The summed E-state index contributed by atoms with van der Waals surface area (Å²) in [5, 5.41) is 2.73. The molecule has 1 amide bonds. The highest BCUT2D eigenvalue weighted by molar-refractivity contribution is 8.02. The number of hydrogen-bond acceptors (Lipinski definition) is 6. The summed E-state index contributed by atoms with van der Waals surface area (Å²) in [7, 11) is -3.43. The Morgan fingerprint density at radius 3 is 2.50 bits per heavy atom. The van der Waals surface area contributed by atoms with Crippen molar-refractivity contribution in [3.8, 4) is 0 Å². The lowest BCUT2D eigenvalue weighted by atomic mass is 10.3. The SMILES string of the molecule is CCCNC(=O)c1sc(SCC)c(S(=O)(=O)CC)c1N. The number of carbonyl (C=O) groups excluding carboxylic acids is 1. The van der Waals surface area contributed by atoms with E-state index in [-0.39, 0.29) is 22.2 Å². The zero-order valence-electron chi connectivity index (χ0n) is 11.9. The molecule has 0 saturated carbocycles. The van der Waals surface area contributed by atoms with Gasteiger partial charge in [0.15, 0.2) is 9.84 Å². The van der Waals surface area contributed by atoms with Crippen LogP contribution in [0.2, 0.25) is 0 Å². The van der Waals surface area contributed by atoms with Gasteiger partial charge in [-0.05, 0) is 12.2 Å². The minimum atomic E-state index is -3.43. The molecule has 0 aliphatic heterocycles. The molecule has 0 unspecified atom stereocenters. The van der Waals surface area contributed by atoms with Gasteiger partial charge in [-0.25, -0.2) is 8.42 Å². The fourth-order valence-corrected chi connectivity index (χ4v) is 5.77. The van der Waals surface area contributed by atoms with Crippen molar-refractivity contribution < 1.29 is 13.2 Å². The van der Waals surface area contributed by atoms with E-state index in [0.29, 0.717) is 15.6 Å². The topological polar surface area (TPSA) is 89.3 Å². The quantitative estimate of drug-likeness (QED) is 0.746. The van der Waals surface area contributed by atoms with Crippen molar-refractivity contribution in [1.29, 1.82) is 0 Å². The van der Waals surface area contributed by atoms with Crippen LogP contribution in [0.5, 0.6) is 0 Å². The molecule has 0 aromatic carbocycles. The minimum Gasteiger partial charge on any atom is -0.396 e. The Balaban J connectivity index is 3.30. The average molecular weight is 337 g/mol. The lowest BCUT2D eigenvalue weighted by Crippen LogP contribution is -2.24. The van der Waals surface area contributed by atoms with Gasteiger partial charge in [-0.1, -0.05) is 20.8 Å². The number of thioether (sulfide) groups is 1. The molecule has 0 aliphatic carbocycles. The molecule has 0 bridgehead atoms. The van der Waals surface area contributed by atoms with Crippen molar-refractivity contribution in [2.24, 2.45) is 0 Å². The van der Waals surface area contributed by atoms with Gasteiger partial charge in [0.05, 0.1) is 15.6 Å². The molecule has 1 rings (SSSR count). The van der Waals surface area contributed by atoms with E-state index in [0.717, 1.165) is 23.5 Å². The normalized spacial score (nSPS) is 11.6. The van der Waals surface area contributed by atoms with Crippen LogP contribution >= 0.6 is 23.1 Å². The molecule has 0 saturated heterocycles. The van der Waals surface area contributed by atoms with Gasteiger partial charge < -0.3 is 11.1 Å². The molecule has 5 nitrogen and oxygen atoms in total. The second-order valence-corrected chi connectivity index (χ2v) is 8.82. The summed E-state index contributed by atoms with van der Waals surface area (Å²) in [5.41, 5.74) is 6.01. The fraction of sp³-hybridized carbons (Fsp3) is 0.583. The number of hydrogen-bond donors (Lipinski definition) is 2. The van der Waals surface area contributed by atoms with Crippen LogP contribution in [0, 0.1) is 0 Å². The highest BCUT2D eigenvalue weighted by atomic mass is 32.2. The molecule has 1 aromatic heterocycles. The molecule has 0 spiro atoms. The first-order valence-corrected chi connectivity index (χ1v) is 9.90. The summed E-state index contributed by atoms with van der Waals surface area (Å²) < 4.78 is 24.9. The summed E-state index contributed by atoms with van der Waals surface area (Å²) in [4.78, 5) is 12.4. The molecule has 3 N–H and O–H groups in total. The van der Waals surface area contributed by atoms with Crippen LogP contribution in [-0.4, -0.2) is 32.4 Å². The maximum absolute atomic E-state index is 12.1. The van der Waals surface area contributed by atoms with Crippen LogP contribution in [0.15, 0.2) is 9.10 Å². The summed E-state index contributed by atoms with van der Waals surface area (Å²) in [6.45, 7) is 6.00. The van der Waals surface area contributed by atoms with Crippen molar-refractivity contribution in [2.45, 2.75) is 36.3 Å². The lowest BCUT2D eigenvalue weighted by Gasteiger charge is -2.04. The van der Waals surface area contributed by atoms with E-state index in [2.05, 4.69) is 5.32 Å². The molecule has 0 radical (unpaired) electrons. The van der Waals surface area contributed by atoms with E-state index < -0.39 is 9.84 Å². The number of nitrogens with one attached hydrogen (secondary N) is 1. The maximum Gasteiger partial charge on any atom is 0.263 e. The number of carbonyl (C=O) groups is 1. The van der Waals surface area contributed by atoms with E-state index in [9.17, 15) is 13.2 Å². The van der Waals surface area contributed by atoms with E-state index in [4.69, 9.17) is 5.73 Å². The lowest BCUT2D eigenvalue weighted by molar-refractivity contribution is 0.0958. The monoisotopic (exact) mass is 336 g/mol. The van der Waals surface area contributed by atoms with E-state index >= 15 is 0 Å². The third-order valence-corrected chi connectivity index (χ3v) is 7.00. The van der Waals surface area contributed by atoms with Crippen LogP contribution in [-0.2, 0) is 9.84 Å². The minimum absolute atomic E-state index is 0.0266. The fourth-order valence-electron chi connectivity index (χ4n) is 1.56. The Kier molecular flexibility index (Phi) is 6.35. The highest BCUT2D eigenvalue weighted by Gasteiger charge is 2.28. The van der Waals surface area contributed by atoms with Gasteiger partial charge in [0.1, 0.15) is 9.77 Å². The molecular formula is C12H20N2O3S3. The number of thiophene rings is 1. The third kappa shape index (κ3) is 3.67. The van der Waals surface area contributed by atoms with Crippen molar-refractivity contribution in [1.82, 2.24) is 5.32 Å². The van der Waals surface area contributed by atoms with Gasteiger partial charge in [0.25, 0.3) is 5.91 Å². The van der Waals surface area contributed by atoms with Crippen LogP contribution in [0.1, 0.15) is 36.9 Å². The number of amides is 1. The van der Waals surface area contributed by atoms with Gasteiger partial charge in [-0.3, -0.25) is 4.79 Å². The van der Waals surface area contributed by atoms with Crippen molar-refractivity contribution in [3.05, 3.63) is 4.88 Å². The first kappa shape index (κ1) is 17.3. The van der Waals surface area contributed by atoms with E-state index in [1.165, 1.54) is 11.8 Å². The van der Waals surface area contributed by atoms with Gasteiger partial charge in [-0.2, -0.15) is 0 Å². The molecule has 8 heteroatoms. The number of nitrogen functional groups attached to an aromatic ring is 1. The zero-order valence-corrected chi connectivity index (χ0v) is 14.3. The molecule has 1 heterocycles. The van der Waals surface area contributed by atoms with Gasteiger partial charge in [-0.15, -0.1) is 23.1 Å². The van der Waals surface area contributed by atoms with Gasteiger partial charge in [0.2, 0.25) is 0 Å². The molecule has 1 aromatic rings. The molecule has 114 valence electrons. The smallest absolute Gasteiger partial charge is 0.263 e. The standard InChI is InChI=1S/C12H20N2O3S3/c1-4-7-14-11(15)9-8(13)10(20(16,17)6-3)12(19-9)18-5-2/h4-7,13H2,1-3H3,(H,14,15). The summed E-state index contributed by atoms with van der Waals surface area (Å²) in [6.07, 6.45) is 0.813. The Hall–Kier alpha value is -0.730. The third-order valence-electron chi connectivity index (χ3n) is 2.58. The Morgan fingerprint density at radius 1 is 1.35 bits per heavy atom. The van der Waals surface area contributed by atoms with Crippen molar-refractivity contribution >= 4 is 44.5 Å². The zero-order chi connectivity index (χ0) is 15.3. The summed E-state index contributed by atoms with van der Waals surface area (Å²) in [5.74, 6) is 0.397. The van der Waals surface area contributed by atoms with Gasteiger partial charge >= 0.3 is 0 Å². The molecule has 0 aliphatic rings. The largest absolute Gasteiger partial charge is 0.396 e. The van der Waals surface area contributed by atoms with E-state index in [1.807, 2.05) is 13.8 Å². The van der Waals surface area contributed by atoms with Gasteiger partial charge in [0, 0.05) is 6.54 Å². The molecular weight excluding hydrogens is 316 g/mol. The molecule has 20 heavy (non-hydrogen) atoms. The number of anilines is 1. The van der Waals surface area contributed by atoms with Crippen molar-refractivity contribution in [2.75, 3.05) is 23.8 Å². The predicted molar refractivity (Wildman–Crippen MR) is 85.5 cm³/mol. The molecule has 0 atom stereocenters. The van der Waals surface area contributed by atoms with Crippen LogP contribution in [0.4, 0.5) is 5.69 Å². The maximum atomic E-state index is 12.1. The highest BCUT2D eigenvalue weighted by Crippen LogP contribution is 2.41. The van der Waals surface area contributed by atoms with Crippen LogP contribution < -0.4 is 11.1 Å². The summed E-state index contributed by atoms with van der Waals surface area (Å²) >= 11 is 2.56. The first-order chi connectivity index (χ1) is 9.38. The second-order valence-electron chi connectivity index (χ2n) is 4.05. The van der Waals surface area contributed by atoms with E-state index in [1.54, 1.807) is 6.92 Å².